The molecule has 0 N–H and O–H groups in total. The van der Waals surface area contributed by atoms with Crippen LogP contribution < -0.4 is 0 Å². The lowest BCUT2D eigenvalue weighted by atomic mass is 9.88. The van der Waals surface area contributed by atoms with Gasteiger partial charge in [0.05, 0.1) is 0 Å². The van der Waals surface area contributed by atoms with Crippen LogP contribution in [0.4, 0.5) is 0 Å². The Morgan fingerprint density at radius 3 is 2.23 bits per heavy atom. The Bertz CT molecular complexity index is 113. The standard InChI is InChI=1S/C12H26O/c1-11(8-10-13-5)7-6-9-12(2,3)4/h11H,6-10H2,1-5H3. The highest BCUT2D eigenvalue weighted by Gasteiger charge is 2.10. The summed E-state index contributed by atoms with van der Waals surface area (Å²) < 4.78 is 5.06. The minimum absolute atomic E-state index is 0.501. The molecule has 0 spiro atoms. The van der Waals surface area contributed by atoms with E-state index >= 15 is 0 Å². The minimum atomic E-state index is 0.501. The van der Waals surface area contributed by atoms with Crippen molar-refractivity contribution >= 4 is 0 Å². The van der Waals surface area contributed by atoms with Crippen LogP contribution in [-0.2, 0) is 4.74 Å². The second kappa shape index (κ2) is 6.42. The van der Waals surface area contributed by atoms with E-state index in [2.05, 4.69) is 27.7 Å². The van der Waals surface area contributed by atoms with Crippen LogP contribution in [0.3, 0.4) is 0 Å². The van der Waals surface area contributed by atoms with Gasteiger partial charge >= 0.3 is 0 Å². The maximum absolute atomic E-state index is 5.06. The first kappa shape index (κ1) is 13.0. The maximum Gasteiger partial charge on any atom is 0.0464 e. The van der Waals surface area contributed by atoms with Gasteiger partial charge in [0.15, 0.2) is 0 Å². The normalized spacial score (nSPS) is 14.5. The Balaban J connectivity index is 3.31. The van der Waals surface area contributed by atoms with E-state index in [0.717, 1.165) is 12.5 Å². The van der Waals surface area contributed by atoms with Crippen LogP contribution in [0.15, 0.2) is 0 Å². The van der Waals surface area contributed by atoms with Crippen LogP contribution in [0.1, 0.15) is 53.4 Å². The molecule has 1 nitrogen and oxygen atoms in total. The van der Waals surface area contributed by atoms with Gasteiger partial charge < -0.3 is 4.74 Å². The zero-order chi connectivity index (χ0) is 10.3. The van der Waals surface area contributed by atoms with Crippen molar-refractivity contribution in [1.29, 1.82) is 0 Å². The fourth-order valence-electron chi connectivity index (χ4n) is 1.44. The molecule has 0 fully saturated rings. The fourth-order valence-corrected chi connectivity index (χ4v) is 1.44. The van der Waals surface area contributed by atoms with Gasteiger partial charge in [0.1, 0.15) is 0 Å². The van der Waals surface area contributed by atoms with Gasteiger partial charge in [-0.1, -0.05) is 40.5 Å². The van der Waals surface area contributed by atoms with Crippen molar-refractivity contribution in [3.05, 3.63) is 0 Å². The van der Waals surface area contributed by atoms with Crippen molar-refractivity contribution in [3.63, 3.8) is 0 Å². The molecule has 0 aromatic heterocycles. The Morgan fingerprint density at radius 1 is 1.15 bits per heavy atom. The first-order valence-electron chi connectivity index (χ1n) is 5.44. The molecular formula is C12H26O. The lowest BCUT2D eigenvalue weighted by Crippen LogP contribution is -2.06. The summed E-state index contributed by atoms with van der Waals surface area (Å²) in [6, 6.07) is 0. The topological polar surface area (TPSA) is 9.23 Å². The van der Waals surface area contributed by atoms with Crippen LogP contribution >= 0.6 is 0 Å². The Morgan fingerprint density at radius 2 is 1.77 bits per heavy atom. The molecule has 1 heteroatoms. The number of ether oxygens (including phenoxy) is 1. The summed E-state index contributed by atoms with van der Waals surface area (Å²) in [5.41, 5.74) is 0.501. The fraction of sp³-hybridized carbons (Fsp3) is 1.00. The summed E-state index contributed by atoms with van der Waals surface area (Å²) in [6.45, 7) is 10.2. The lowest BCUT2D eigenvalue weighted by Gasteiger charge is -2.19. The van der Waals surface area contributed by atoms with Gasteiger partial charge in [0.25, 0.3) is 0 Å². The van der Waals surface area contributed by atoms with E-state index in [9.17, 15) is 0 Å². The molecule has 0 saturated heterocycles. The summed E-state index contributed by atoms with van der Waals surface area (Å²) >= 11 is 0. The molecule has 0 aliphatic rings. The maximum atomic E-state index is 5.06. The molecule has 13 heavy (non-hydrogen) atoms. The van der Waals surface area contributed by atoms with Crippen LogP contribution in [0, 0.1) is 11.3 Å². The molecule has 0 aliphatic heterocycles. The molecule has 0 bridgehead atoms. The van der Waals surface area contributed by atoms with Crippen LogP contribution in [-0.4, -0.2) is 13.7 Å². The summed E-state index contributed by atoms with van der Waals surface area (Å²) in [7, 11) is 1.78. The number of methoxy groups -OCH3 is 1. The van der Waals surface area contributed by atoms with E-state index in [-0.39, 0.29) is 0 Å². The monoisotopic (exact) mass is 186 g/mol. The molecule has 1 atom stereocenters. The quantitative estimate of drug-likeness (QED) is 0.612. The highest BCUT2D eigenvalue weighted by Crippen LogP contribution is 2.23. The molecule has 0 rings (SSSR count). The van der Waals surface area contributed by atoms with Gasteiger partial charge in [0.2, 0.25) is 0 Å². The third-order valence-corrected chi connectivity index (χ3v) is 2.44. The number of hydrogen-bond donors (Lipinski definition) is 0. The van der Waals surface area contributed by atoms with Gasteiger partial charge in [-0.05, 0) is 24.2 Å². The van der Waals surface area contributed by atoms with Crippen molar-refractivity contribution in [2.24, 2.45) is 11.3 Å². The van der Waals surface area contributed by atoms with Crippen molar-refractivity contribution in [2.45, 2.75) is 53.4 Å². The van der Waals surface area contributed by atoms with Gasteiger partial charge in [-0.15, -0.1) is 0 Å². The molecule has 0 amide bonds. The predicted molar refractivity (Wildman–Crippen MR) is 59.0 cm³/mol. The first-order chi connectivity index (χ1) is 5.95. The number of rotatable bonds is 6. The second-order valence-electron chi connectivity index (χ2n) is 5.34. The summed E-state index contributed by atoms with van der Waals surface area (Å²) in [5, 5.41) is 0. The van der Waals surface area contributed by atoms with E-state index in [1.165, 1.54) is 25.7 Å². The second-order valence-corrected chi connectivity index (χ2v) is 5.34. The van der Waals surface area contributed by atoms with Crippen LogP contribution in [0.2, 0.25) is 0 Å². The summed E-state index contributed by atoms with van der Waals surface area (Å²) in [6.07, 6.45) is 5.25. The van der Waals surface area contributed by atoms with Crippen molar-refractivity contribution in [1.82, 2.24) is 0 Å². The minimum Gasteiger partial charge on any atom is -0.385 e. The summed E-state index contributed by atoms with van der Waals surface area (Å²) in [4.78, 5) is 0. The molecule has 1 unspecified atom stereocenters. The van der Waals surface area contributed by atoms with Crippen LogP contribution in [0.25, 0.3) is 0 Å². The molecule has 0 heterocycles. The van der Waals surface area contributed by atoms with Gasteiger partial charge in [-0.3, -0.25) is 0 Å². The SMILES string of the molecule is COCCC(C)CCCC(C)(C)C. The Labute approximate surface area is 83.9 Å². The molecule has 0 radical (unpaired) electrons. The largest absolute Gasteiger partial charge is 0.385 e. The van der Waals surface area contributed by atoms with Crippen LogP contribution in [0.5, 0.6) is 0 Å². The van der Waals surface area contributed by atoms with E-state index in [1.54, 1.807) is 7.11 Å². The third kappa shape index (κ3) is 9.88. The van der Waals surface area contributed by atoms with Crippen molar-refractivity contribution in [2.75, 3.05) is 13.7 Å². The smallest absolute Gasteiger partial charge is 0.0464 e. The van der Waals surface area contributed by atoms with Crippen molar-refractivity contribution < 1.29 is 4.74 Å². The van der Waals surface area contributed by atoms with E-state index < -0.39 is 0 Å². The molecular weight excluding hydrogens is 160 g/mol. The molecule has 0 aliphatic carbocycles. The average molecular weight is 186 g/mol. The first-order valence-corrected chi connectivity index (χ1v) is 5.44. The highest BCUT2D eigenvalue weighted by molar-refractivity contribution is 4.62. The average Bonchev–Trinajstić information content (AvgIpc) is 1.98. The van der Waals surface area contributed by atoms with Gasteiger partial charge in [0, 0.05) is 13.7 Å². The van der Waals surface area contributed by atoms with E-state index in [0.29, 0.717) is 5.41 Å². The zero-order valence-corrected chi connectivity index (χ0v) is 10.0. The van der Waals surface area contributed by atoms with Gasteiger partial charge in [-0.25, -0.2) is 0 Å². The Hall–Kier alpha value is -0.0400. The van der Waals surface area contributed by atoms with E-state index in [4.69, 9.17) is 4.74 Å². The molecule has 0 aromatic carbocycles. The highest BCUT2D eigenvalue weighted by atomic mass is 16.5. The predicted octanol–water partition coefficient (Wildman–Crippen LogP) is 3.88. The Kier molecular flexibility index (Phi) is 6.40. The zero-order valence-electron chi connectivity index (χ0n) is 10.0. The van der Waals surface area contributed by atoms with Crippen molar-refractivity contribution in [3.8, 4) is 0 Å². The molecule has 80 valence electrons. The molecule has 0 aromatic rings. The van der Waals surface area contributed by atoms with Gasteiger partial charge in [-0.2, -0.15) is 0 Å². The third-order valence-electron chi connectivity index (χ3n) is 2.44. The lowest BCUT2D eigenvalue weighted by molar-refractivity contribution is 0.176. The summed E-state index contributed by atoms with van der Waals surface area (Å²) in [5.74, 6) is 0.822. The number of hydrogen-bond acceptors (Lipinski definition) is 1. The molecule has 0 saturated carbocycles. The van der Waals surface area contributed by atoms with E-state index in [1.807, 2.05) is 0 Å².